The highest BCUT2D eigenvalue weighted by Crippen LogP contribution is 2.15. The minimum Gasteiger partial charge on any atom is -0.469 e. The predicted octanol–water partition coefficient (Wildman–Crippen LogP) is 1.51. The second kappa shape index (κ2) is 7.74. The number of halogens is 1. The normalized spacial score (nSPS) is 11.9. The standard InChI is InChI=1S/C13H19ClN2O4S/c1-15(8-7-13(17)20-3)21(18,19)16(2)10-11-5-4-6-12(14)9-11/h4-6,9H,7-8,10H2,1-3H3. The van der Waals surface area contributed by atoms with E-state index in [2.05, 4.69) is 4.74 Å². The zero-order valence-corrected chi connectivity index (χ0v) is 13.8. The van der Waals surface area contributed by atoms with Crippen LogP contribution in [0.15, 0.2) is 24.3 Å². The fourth-order valence-electron chi connectivity index (χ4n) is 1.68. The molecule has 0 aromatic heterocycles. The fraction of sp³-hybridized carbons (Fsp3) is 0.462. The van der Waals surface area contributed by atoms with E-state index in [1.807, 2.05) is 0 Å². The van der Waals surface area contributed by atoms with Gasteiger partial charge in [0, 0.05) is 32.2 Å². The van der Waals surface area contributed by atoms with Crippen LogP contribution in [0.25, 0.3) is 0 Å². The van der Waals surface area contributed by atoms with Gasteiger partial charge < -0.3 is 4.74 Å². The molecule has 0 aliphatic rings. The molecule has 0 aliphatic carbocycles. The number of benzene rings is 1. The summed E-state index contributed by atoms with van der Waals surface area (Å²) in [6.07, 6.45) is 0.0111. The maximum Gasteiger partial charge on any atom is 0.306 e. The minimum absolute atomic E-state index is 0.0111. The summed E-state index contributed by atoms with van der Waals surface area (Å²) in [5.41, 5.74) is 0.787. The van der Waals surface area contributed by atoms with E-state index in [1.54, 1.807) is 24.3 Å². The van der Waals surface area contributed by atoms with Crippen molar-refractivity contribution in [1.82, 2.24) is 8.61 Å². The van der Waals surface area contributed by atoms with Crippen LogP contribution in [-0.4, -0.2) is 50.7 Å². The van der Waals surface area contributed by atoms with Gasteiger partial charge in [0.2, 0.25) is 0 Å². The predicted molar refractivity (Wildman–Crippen MR) is 81.1 cm³/mol. The first kappa shape index (κ1) is 17.9. The number of carbonyl (C=O) groups excluding carboxylic acids is 1. The number of rotatable bonds is 7. The Morgan fingerprint density at radius 1 is 1.29 bits per heavy atom. The third-order valence-corrected chi connectivity index (χ3v) is 5.06. The van der Waals surface area contributed by atoms with E-state index in [4.69, 9.17) is 11.6 Å². The van der Waals surface area contributed by atoms with Crippen molar-refractivity contribution in [1.29, 1.82) is 0 Å². The van der Waals surface area contributed by atoms with Crippen molar-refractivity contribution in [3.63, 3.8) is 0 Å². The quantitative estimate of drug-likeness (QED) is 0.709. The lowest BCUT2D eigenvalue weighted by Crippen LogP contribution is -2.40. The molecule has 1 aromatic rings. The summed E-state index contributed by atoms with van der Waals surface area (Å²) in [5, 5.41) is 0.553. The molecular formula is C13H19ClN2O4S. The Hall–Kier alpha value is -1.15. The third kappa shape index (κ3) is 5.28. The average molecular weight is 335 g/mol. The summed E-state index contributed by atoms with van der Waals surface area (Å²) in [4.78, 5) is 11.1. The summed E-state index contributed by atoms with van der Waals surface area (Å²) in [7, 11) is 0.528. The SMILES string of the molecule is COC(=O)CCN(C)S(=O)(=O)N(C)Cc1cccc(Cl)c1. The van der Waals surface area contributed by atoms with Crippen LogP contribution in [0.1, 0.15) is 12.0 Å². The fourth-order valence-corrected chi connectivity index (χ4v) is 3.00. The molecule has 0 N–H and O–H groups in total. The van der Waals surface area contributed by atoms with Crippen LogP contribution < -0.4 is 0 Å². The van der Waals surface area contributed by atoms with Crippen molar-refractivity contribution in [2.24, 2.45) is 0 Å². The number of nitrogens with zero attached hydrogens (tertiary/aromatic N) is 2. The highest BCUT2D eigenvalue weighted by Gasteiger charge is 2.24. The van der Waals surface area contributed by atoms with Gasteiger partial charge in [0.25, 0.3) is 10.2 Å². The third-order valence-electron chi connectivity index (χ3n) is 2.94. The number of methoxy groups -OCH3 is 1. The minimum atomic E-state index is -3.64. The van der Waals surface area contributed by atoms with Gasteiger partial charge >= 0.3 is 5.97 Å². The molecule has 0 saturated carbocycles. The zero-order chi connectivity index (χ0) is 16.0. The van der Waals surface area contributed by atoms with Crippen LogP contribution >= 0.6 is 11.6 Å². The Morgan fingerprint density at radius 3 is 2.52 bits per heavy atom. The Labute approximate surface area is 130 Å². The molecule has 0 unspecified atom stereocenters. The summed E-state index contributed by atoms with van der Waals surface area (Å²) in [6, 6.07) is 7.00. The first-order chi connectivity index (χ1) is 9.77. The molecule has 0 bridgehead atoms. The van der Waals surface area contributed by atoms with E-state index < -0.39 is 16.2 Å². The number of hydrogen-bond donors (Lipinski definition) is 0. The zero-order valence-electron chi connectivity index (χ0n) is 12.2. The van der Waals surface area contributed by atoms with Gasteiger partial charge in [-0.25, -0.2) is 0 Å². The molecule has 0 spiro atoms. The molecule has 21 heavy (non-hydrogen) atoms. The largest absolute Gasteiger partial charge is 0.469 e. The monoisotopic (exact) mass is 334 g/mol. The number of hydrogen-bond acceptors (Lipinski definition) is 4. The smallest absolute Gasteiger partial charge is 0.306 e. The number of esters is 1. The van der Waals surface area contributed by atoms with Crippen molar-refractivity contribution >= 4 is 27.8 Å². The lowest BCUT2D eigenvalue weighted by molar-refractivity contribution is -0.140. The molecule has 0 radical (unpaired) electrons. The maximum absolute atomic E-state index is 12.3. The molecule has 6 nitrogen and oxygen atoms in total. The van der Waals surface area contributed by atoms with Gasteiger partial charge in [-0.05, 0) is 17.7 Å². The molecule has 0 fully saturated rings. The Morgan fingerprint density at radius 2 is 1.95 bits per heavy atom. The van der Waals surface area contributed by atoms with Crippen LogP contribution in [0.3, 0.4) is 0 Å². The Kier molecular flexibility index (Phi) is 6.60. The van der Waals surface area contributed by atoms with E-state index in [-0.39, 0.29) is 19.5 Å². The van der Waals surface area contributed by atoms with E-state index in [1.165, 1.54) is 25.5 Å². The molecule has 118 valence electrons. The Balaban J connectivity index is 2.70. The van der Waals surface area contributed by atoms with E-state index >= 15 is 0 Å². The Bertz CT molecular complexity index is 592. The molecule has 0 amide bonds. The van der Waals surface area contributed by atoms with Gasteiger partial charge in [-0.1, -0.05) is 23.7 Å². The highest BCUT2D eigenvalue weighted by molar-refractivity contribution is 7.86. The van der Waals surface area contributed by atoms with Crippen LogP contribution in [0.2, 0.25) is 5.02 Å². The summed E-state index contributed by atoms with van der Waals surface area (Å²) in [6.45, 7) is 0.264. The van der Waals surface area contributed by atoms with Gasteiger partial charge in [0.05, 0.1) is 13.5 Å². The van der Waals surface area contributed by atoms with E-state index in [9.17, 15) is 13.2 Å². The average Bonchev–Trinajstić information content (AvgIpc) is 2.44. The van der Waals surface area contributed by atoms with Gasteiger partial charge in [-0.3, -0.25) is 4.79 Å². The van der Waals surface area contributed by atoms with Crippen molar-refractivity contribution in [2.45, 2.75) is 13.0 Å². The summed E-state index contributed by atoms with van der Waals surface area (Å²) >= 11 is 5.88. The van der Waals surface area contributed by atoms with Crippen LogP contribution in [-0.2, 0) is 26.3 Å². The van der Waals surface area contributed by atoms with Gasteiger partial charge in [0.1, 0.15) is 0 Å². The number of carbonyl (C=O) groups is 1. The second-order valence-corrected chi connectivity index (χ2v) is 7.12. The first-order valence-electron chi connectivity index (χ1n) is 6.26. The molecular weight excluding hydrogens is 316 g/mol. The lowest BCUT2D eigenvalue weighted by atomic mass is 10.2. The van der Waals surface area contributed by atoms with Gasteiger partial charge in [-0.2, -0.15) is 17.0 Å². The van der Waals surface area contributed by atoms with Gasteiger partial charge in [-0.15, -0.1) is 0 Å². The van der Waals surface area contributed by atoms with Crippen molar-refractivity contribution in [3.8, 4) is 0 Å². The van der Waals surface area contributed by atoms with Crippen molar-refractivity contribution in [2.75, 3.05) is 27.7 Å². The highest BCUT2D eigenvalue weighted by atomic mass is 35.5. The number of ether oxygens (including phenoxy) is 1. The van der Waals surface area contributed by atoms with Crippen LogP contribution in [0.5, 0.6) is 0 Å². The van der Waals surface area contributed by atoms with Gasteiger partial charge in [0.15, 0.2) is 0 Å². The van der Waals surface area contributed by atoms with E-state index in [0.29, 0.717) is 5.02 Å². The van der Waals surface area contributed by atoms with Crippen molar-refractivity contribution < 1.29 is 17.9 Å². The molecule has 0 heterocycles. The maximum atomic E-state index is 12.3. The first-order valence-corrected chi connectivity index (χ1v) is 8.03. The summed E-state index contributed by atoms with van der Waals surface area (Å²) < 4.78 is 31.4. The molecule has 1 rings (SSSR count). The summed E-state index contributed by atoms with van der Waals surface area (Å²) in [5.74, 6) is -0.449. The van der Waals surface area contributed by atoms with Crippen molar-refractivity contribution in [3.05, 3.63) is 34.9 Å². The van der Waals surface area contributed by atoms with Crippen LogP contribution in [0.4, 0.5) is 0 Å². The second-order valence-electron chi connectivity index (χ2n) is 4.54. The molecule has 0 saturated heterocycles. The van der Waals surface area contributed by atoms with Crippen LogP contribution in [0, 0.1) is 0 Å². The lowest BCUT2D eigenvalue weighted by Gasteiger charge is -2.24. The molecule has 8 heteroatoms. The van der Waals surface area contributed by atoms with E-state index in [0.717, 1.165) is 9.87 Å². The molecule has 0 aliphatic heterocycles. The topological polar surface area (TPSA) is 66.9 Å². The molecule has 1 aromatic carbocycles. The molecule has 0 atom stereocenters.